The van der Waals surface area contributed by atoms with Gasteiger partial charge in [-0.1, -0.05) is 133 Å². The fourth-order valence-electron chi connectivity index (χ4n) is 7.68. The highest BCUT2D eigenvalue weighted by molar-refractivity contribution is 6.26. The molecule has 0 aliphatic heterocycles. The first kappa shape index (κ1) is 26.8. The van der Waals surface area contributed by atoms with Gasteiger partial charge in [0.25, 0.3) is 0 Å². The summed E-state index contributed by atoms with van der Waals surface area (Å²) in [7, 11) is 0. The van der Waals surface area contributed by atoms with E-state index in [9.17, 15) is 0 Å². The lowest BCUT2D eigenvalue weighted by Gasteiger charge is -2.12. The Bertz CT molecular complexity index is 2820. The fourth-order valence-corrected chi connectivity index (χ4v) is 7.68. The molecule has 2 heterocycles. The van der Waals surface area contributed by atoms with Crippen molar-refractivity contribution < 1.29 is 0 Å². The molecule has 224 valence electrons. The molecule has 0 radical (unpaired) electrons. The maximum atomic E-state index is 2.47. The number of benzene rings is 8. The van der Waals surface area contributed by atoms with Gasteiger partial charge in [-0.25, -0.2) is 0 Å². The van der Waals surface area contributed by atoms with Crippen molar-refractivity contribution in [3.63, 3.8) is 0 Å². The zero-order valence-corrected chi connectivity index (χ0v) is 26.2. The molecule has 0 saturated heterocycles. The quantitative estimate of drug-likeness (QED) is 0.188. The highest BCUT2D eigenvalue weighted by Crippen LogP contribution is 2.42. The summed E-state index contributed by atoms with van der Waals surface area (Å²) >= 11 is 0. The van der Waals surface area contributed by atoms with Gasteiger partial charge in [0.2, 0.25) is 0 Å². The van der Waals surface area contributed by atoms with E-state index in [1.54, 1.807) is 0 Å². The molecule has 0 spiro atoms. The van der Waals surface area contributed by atoms with E-state index < -0.39 is 0 Å². The molecule has 0 bridgehead atoms. The van der Waals surface area contributed by atoms with Gasteiger partial charge in [0, 0.05) is 32.9 Å². The van der Waals surface area contributed by atoms with Gasteiger partial charge in [0.15, 0.2) is 0 Å². The zero-order valence-electron chi connectivity index (χ0n) is 26.2. The lowest BCUT2D eigenvalue weighted by Crippen LogP contribution is -1.96. The molecular weight excluding hydrogens is 581 g/mol. The molecule has 10 rings (SSSR count). The Labute approximate surface area is 278 Å². The number of rotatable bonds is 4. The van der Waals surface area contributed by atoms with Crippen molar-refractivity contribution in [3.8, 4) is 33.6 Å². The normalized spacial score (nSPS) is 11.8. The van der Waals surface area contributed by atoms with Gasteiger partial charge < -0.3 is 9.13 Å². The van der Waals surface area contributed by atoms with Crippen LogP contribution in [0, 0.1) is 0 Å². The summed E-state index contributed by atoms with van der Waals surface area (Å²) in [4.78, 5) is 0. The van der Waals surface area contributed by atoms with Crippen LogP contribution < -0.4 is 0 Å². The van der Waals surface area contributed by atoms with Gasteiger partial charge in [0.05, 0.1) is 22.1 Å². The van der Waals surface area contributed by atoms with Crippen LogP contribution in [0.25, 0.3) is 88.0 Å². The number of fused-ring (bicyclic) bond motifs is 8. The third kappa shape index (κ3) is 4.06. The summed E-state index contributed by atoms with van der Waals surface area (Å²) in [5.41, 5.74) is 12.0. The van der Waals surface area contributed by atoms with Gasteiger partial charge in [-0.2, -0.15) is 0 Å². The number of nitrogens with zero attached hydrogens (tertiary/aromatic N) is 2. The van der Waals surface area contributed by atoms with Crippen LogP contribution >= 0.6 is 0 Å². The summed E-state index contributed by atoms with van der Waals surface area (Å²) in [6.45, 7) is 0. The summed E-state index contributed by atoms with van der Waals surface area (Å²) in [5, 5.41) is 7.56. The first-order valence-corrected chi connectivity index (χ1v) is 16.5. The Morgan fingerprint density at radius 2 is 0.917 bits per heavy atom. The number of aromatic nitrogens is 2. The molecule has 0 N–H and O–H groups in total. The Morgan fingerprint density at radius 3 is 1.75 bits per heavy atom. The summed E-state index contributed by atoms with van der Waals surface area (Å²) in [5.74, 6) is 0. The Morgan fingerprint density at radius 1 is 0.292 bits per heavy atom. The minimum Gasteiger partial charge on any atom is -0.309 e. The molecule has 0 unspecified atom stereocenters. The van der Waals surface area contributed by atoms with Crippen LogP contribution in [0.2, 0.25) is 0 Å². The fraction of sp³-hybridized carbons (Fsp3) is 0. The van der Waals surface area contributed by atoms with Crippen LogP contribution in [0.5, 0.6) is 0 Å². The first-order valence-electron chi connectivity index (χ1n) is 16.5. The molecule has 0 atom stereocenters. The zero-order chi connectivity index (χ0) is 31.6. The van der Waals surface area contributed by atoms with E-state index >= 15 is 0 Å². The average molecular weight is 611 g/mol. The maximum absolute atomic E-state index is 2.47. The van der Waals surface area contributed by atoms with Crippen molar-refractivity contribution in [2.24, 2.45) is 0 Å². The lowest BCUT2D eigenvalue weighted by atomic mass is 10.0. The van der Waals surface area contributed by atoms with Gasteiger partial charge >= 0.3 is 0 Å². The van der Waals surface area contributed by atoms with E-state index in [1.807, 2.05) is 0 Å². The molecule has 2 heteroatoms. The van der Waals surface area contributed by atoms with E-state index in [1.165, 1.54) is 76.6 Å². The largest absolute Gasteiger partial charge is 0.309 e. The van der Waals surface area contributed by atoms with Gasteiger partial charge in [-0.05, 0) is 81.6 Å². The summed E-state index contributed by atoms with van der Waals surface area (Å²) < 4.78 is 4.90. The van der Waals surface area contributed by atoms with Gasteiger partial charge in [0.1, 0.15) is 0 Å². The molecule has 48 heavy (non-hydrogen) atoms. The van der Waals surface area contributed by atoms with E-state index in [2.05, 4.69) is 191 Å². The van der Waals surface area contributed by atoms with E-state index in [0.29, 0.717) is 0 Å². The first-order chi connectivity index (χ1) is 23.8. The van der Waals surface area contributed by atoms with Crippen molar-refractivity contribution in [1.82, 2.24) is 9.13 Å². The van der Waals surface area contributed by atoms with Crippen LogP contribution in [0.1, 0.15) is 0 Å². The second-order valence-electron chi connectivity index (χ2n) is 12.6. The minimum absolute atomic E-state index is 1.15. The molecular formula is C46H30N2. The maximum Gasteiger partial charge on any atom is 0.0641 e. The average Bonchev–Trinajstić information content (AvgIpc) is 3.68. The lowest BCUT2D eigenvalue weighted by molar-refractivity contribution is 1.17. The standard InChI is InChI=1S/C46H30N2/c1-2-11-31(12-3-1)35-15-10-16-38(30-35)48-42-19-8-6-17-39(42)40-27-28-44-45(46(40)48)41-18-7-9-20-43(41)47(44)37-25-23-33(24-26-37)36-22-21-32-13-4-5-14-34(32)29-36/h1-30H. The van der Waals surface area contributed by atoms with E-state index in [4.69, 9.17) is 0 Å². The molecule has 2 nitrogen and oxygen atoms in total. The molecule has 10 aromatic rings. The molecule has 0 aliphatic carbocycles. The second-order valence-corrected chi connectivity index (χ2v) is 12.6. The molecule has 2 aromatic heterocycles. The predicted octanol–water partition coefficient (Wildman–Crippen LogP) is 12.4. The van der Waals surface area contributed by atoms with Crippen molar-refractivity contribution in [1.29, 1.82) is 0 Å². The van der Waals surface area contributed by atoms with Gasteiger partial charge in [-0.3, -0.25) is 0 Å². The van der Waals surface area contributed by atoms with Crippen LogP contribution in [0.4, 0.5) is 0 Å². The van der Waals surface area contributed by atoms with E-state index in [-0.39, 0.29) is 0 Å². The SMILES string of the molecule is c1ccc(-c2cccc(-n3c4ccccc4c4ccc5c(c6ccccc6n5-c5ccc(-c6ccc7ccccc7c6)cc5)c43)c2)cc1. The number of para-hydroxylation sites is 2. The third-order valence-corrected chi connectivity index (χ3v) is 9.89. The monoisotopic (exact) mass is 610 g/mol. The van der Waals surface area contributed by atoms with E-state index in [0.717, 1.165) is 11.4 Å². The van der Waals surface area contributed by atoms with Crippen LogP contribution in [0.3, 0.4) is 0 Å². The second kappa shape index (κ2) is 10.6. The van der Waals surface area contributed by atoms with Crippen molar-refractivity contribution in [2.75, 3.05) is 0 Å². The number of hydrogen-bond donors (Lipinski definition) is 0. The highest BCUT2D eigenvalue weighted by Gasteiger charge is 2.21. The highest BCUT2D eigenvalue weighted by atomic mass is 15.0. The topological polar surface area (TPSA) is 9.86 Å². The van der Waals surface area contributed by atoms with Crippen LogP contribution in [0.15, 0.2) is 182 Å². The molecule has 0 fully saturated rings. The summed E-state index contributed by atoms with van der Waals surface area (Å²) in [6.07, 6.45) is 0. The van der Waals surface area contributed by atoms with Crippen molar-refractivity contribution in [3.05, 3.63) is 182 Å². The van der Waals surface area contributed by atoms with Gasteiger partial charge in [-0.15, -0.1) is 0 Å². The minimum atomic E-state index is 1.15. The van der Waals surface area contributed by atoms with Crippen LogP contribution in [-0.2, 0) is 0 Å². The molecule has 0 aliphatic rings. The molecule has 0 saturated carbocycles. The third-order valence-electron chi connectivity index (χ3n) is 9.89. The molecule has 8 aromatic carbocycles. The predicted molar refractivity (Wildman–Crippen MR) is 203 cm³/mol. The number of hydrogen-bond acceptors (Lipinski definition) is 0. The molecule has 0 amide bonds. The van der Waals surface area contributed by atoms with Crippen molar-refractivity contribution in [2.45, 2.75) is 0 Å². The summed E-state index contributed by atoms with van der Waals surface area (Å²) in [6, 6.07) is 66.2. The Hall–Kier alpha value is -6.38. The van der Waals surface area contributed by atoms with Crippen LogP contribution in [-0.4, -0.2) is 9.13 Å². The van der Waals surface area contributed by atoms with Crippen molar-refractivity contribution >= 4 is 54.4 Å². The Kier molecular flexibility index (Phi) is 5.91. The Balaban J connectivity index is 1.22. The smallest absolute Gasteiger partial charge is 0.0641 e.